The maximum absolute atomic E-state index is 11.1. The van der Waals surface area contributed by atoms with Crippen LogP contribution in [-0.2, 0) is 4.79 Å². The molecule has 64 valence electrons. The third-order valence-electron chi connectivity index (χ3n) is 2.15. The molecule has 0 radical (unpaired) electrons. The van der Waals surface area contributed by atoms with Crippen LogP contribution in [0.15, 0.2) is 6.33 Å². The number of carbonyl (C=O) groups is 1. The molecule has 1 aromatic rings. The normalized spacial score (nSPS) is 24.3. The van der Waals surface area contributed by atoms with Gasteiger partial charge in [-0.05, 0) is 18.1 Å². The fraction of sp³-hybridized carbons (Fsp3) is 0.714. The van der Waals surface area contributed by atoms with Crippen molar-refractivity contribution in [3.63, 3.8) is 0 Å². The second-order valence-corrected chi connectivity index (χ2v) is 3.05. The van der Waals surface area contributed by atoms with Crippen LogP contribution in [0.4, 0.5) is 0 Å². The van der Waals surface area contributed by atoms with Crippen LogP contribution in [0.3, 0.4) is 0 Å². The zero-order valence-electron chi connectivity index (χ0n) is 6.68. The summed E-state index contributed by atoms with van der Waals surface area (Å²) < 4.78 is 0. The van der Waals surface area contributed by atoms with Gasteiger partial charge in [-0.25, -0.2) is 0 Å². The van der Waals surface area contributed by atoms with Gasteiger partial charge in [0.15, 0.2) is 6.33 Å². The Morgan fingerprint density at radius 2 is 2.50 bits per heavy atom. The van der Waals surface area contributed by atoms with Crippen molar-refractivity contribution in [1.29, 1.82) is 0 Å². The van der Waals surface area contributed by atoms with Gasteiger partial charge in [0.25, 0.3) is 0 Å². The van der Waals surface area contributed by atoms with Crippen molar-refractivity contribution in [3.8, 4) is 0 Å². The van der Waals surface area contributed by atoms with Gasteiger partial charge in [0.2, 0.25) is 0 Å². The molecular weight excluding hydrogens is 156 g/mol. The highest BCUT2D eigenvalue weighted by atomic mass is 16.1. The summed E-state index contributed by atoms with van der Waals surface area (Å²) in [5.74, 6) is 0.309. The number of ketones is 1. The predicted octanol–water partition coefficient (Wildman–Crippen LogP) is 0.357. The van der Waals surface area contributed by atoms with E-state index >= 15 is 0 Å². The van der Waals surface area contributed by atoms with Gasteiger partial charge in [0, 0.05) is 12.8 Å². The molecule has 0 aliphatic heterocycles. The van der Waals surface area contributed by atoms with Gasteiger partial charge in [-0.15, -0.1) is 10.2 Å². The van der Waals surface area contributed by atoms with Gasteiger partial charge in [-0.3, -0.25) is 4.79 Å². The Hall–Kier alpha value is -1.26. The molecule has 1 aliphatic carbocycles. The van der Waals surface area contributed by atoms with Crippen molar-refractivity contribution in [3.05, 3.63) is 6.33 Å². The molecular formula is C7H10N4O. The Bertz CT molecular complexity index is 269. The first-order valence-corrected chi connectivity index (χ1v) is 4.10. The highest BCUT2D eigenvalue weighted by Gasteiger charge is 2.21. The molecule has 1 saturated carbocycles. The van der Waals surface area contributed by atoms with Crippen LogP contribution in [0, 0.1) is 0 Å². The van der Waals surface area contributed by atoms with Crippen LogP contribution < -0.4 is 0 Å². The molecule has 1 fully saturated rings. The van der Waals surface area contributed by atoms with Gasteiger partial charge >= 0.3 is 0 Å². The van der Waals surface area contributed by atoms with Gasteiger partial charge in [0.05, 0.1) is 6.04 Å². The molecule has 5 nitrogen and oxygen atoms in total. The lowest BCUT2D eigenvalue weighted by Gasteiger charge is -2.18. The number of rotatable bonds is 1. The van der Waals surface area contributed by atoms with Crippen molar-refractivity contribution >= 4 is 5.78 Å². The molecule has 0 aromatic carbocycles. The number of hydrogen-bond donors (Lipinski definition) is 0. The minimum atomic E-state index is 0.147. The van der Waals surface area contributed by atoms with E-state index in [1.807, 2.05) is 0 Å². The van der Waals surface area contributed by atoms with Crippen molar-refractivity contribution in [1.82, 2.24) is 20.2 Å². The highest BCUT2D eigenvalue weighted by molar-refractivity contribution is 5.79. The first-order valence-electron chi connectivity index (χ1n) is 4.10. The molecule has 0 amide bonds. The van der Waals surface area contributed by atoms with E-state index in [-0.39, 0.29) is 6.04 Å². The zero-order valence-corrected chi connectivity index (χ0v) is 6.68. The zero-order chi connectivity index (χ0) is 8.39. The molecule has 5 heteroatoms. The van der Waals surface area contributed by atoms with E-state index in [4.69, 9.17) is 0 Å². The summed E-state index contributed by atoms with van der Waals surface area (Å²) in [6, 6.07) is 0.147. The van der Waals surface area contributed by atoms with E-state index in [0.29, 0.717) is 18.6 Å². The molecule has 2 rings (SSSR count). The standard InChI is InChI=1S/C7H10N4O/c12-7-3-1-2-6(4-7)11-9-5-8-10-11/h5-6H,1-4H2. The van der Waals surface area contributed by atoms with E-state index in [1.165, 1.54) is 11.1 Å². The predicted molar refractivity (Wildman–Crippen MR) is 40.3 cm³/mol. The second kappa shape index (κ2) is 3.00. The van der Waals surface area contributed by atoms with Crippen molar-refractivity contribution in [2.24, 2.45) is 0 Å². The summed E-state index contributed by atoms with van der Waals surface area (Å²) in [4.78, 5) is 12.6. The van der Waals surface area contributed by atoms with Crippen molar-refractivity contribution < 1.29 is 4.79 Å². The Kier molecular flexibility index (Phi) is 1.85. The maximum atomic E-state index is 11.1. The van der Waals surface area contributed by atoms with Gasteiger partial charge in [-0.1, -0.05) is 0 Å². The van der Waals surface area contributed by atoms with Crippen LogP contribution in [0.2, 0.25) is 0 Å². The molecule has 1 aromatic heterocycles. The smallest absolute Gasteiger partial charge is 0.162 e. The monoisotopic (exact) mass is 166 g/mol. The Labute approximate surface area is 69.8 Å². The van der Waals surface area contributed by atoms with Gasteiger partial charge in [0.1, 0.15) is 5.78 Å². The first-order chi connectivity index (χ1) is 5.86. The topological polar surface area (TPSA) is 60.7 Å². The summed E-state index contributed by atoms with van der Waals surface area (Å²) >= 11 is 0. The van der Waals surface area contributed by atoms with E-state index < -0.39 is 0 Å². The fourth-order valence-corrected chi connectivity index (χ4v) is 1.54. The molecule has 0 saturated heterocycles. The Balaban J connectivity index is 2.09. The lowest BCUT2D eigenvalue weighted by molar-refractivity contribution is -0.121. The number of nitrogens with zero attached hydrogens (tertiary/aromatic N) is 4. The minimum absolute atomic E-state index is 0.147. The number of Topliss-reactive ketones (excluding diaryl/α,β-unsaturated/α-hetero) is 1. The minimum Gasteiger partial charge on any atom is -0.300 e. The van der Waals surface area contributed by atoms with Crippen molar-refractivity contribution in [2.75, 3.05) is 0 Å². The number of hydrogen-bond acceptors (Lipinski definition) is 4. The summed E-state index contributed by atoms with van der Waals surface area (Å²) in [6.45, 7) is 0. The molecule has 1 heterocycles. The molecule has 12 heavy (non-hydrogen) atoms. The van der Waals surface area contributed by atoms with E-state index in [0.717, 1.165) is 12.8 Å². The highest BCUT2D eigenvalue weighted by Crippen LogP contribution is 2.23. The van der Waals surface area contributed by atoms with Gasteiger partial charge in [-0.2, -0.15) is 4.80 Å². The van der Waals surface area contributed by atoms with Crippen LogP contribution >= 0.6 is 0 Å². The molecule has 1 atom stereocenters. The number of tetrazole rings is 1. The quantitative estimate of drug-likeness (QED) is 0.604. The molecule has 1 unspecified atom stereocenters. The first kappa shape index (κ1) is 7.39. The van der Waals surface area contributed by atoms with E-state index in [1.54, 1.807) is 0 Å². The lowest BCUT2D eigenvalue weighted by Crippen LogP contribution is -2.20. The number of aromatic nitrogens is 4. The third kappa shape index (κ3) is 1.34. The third-order valence-corrected chi connectivity index (χ3v) is 2.15. The van der Waals surface area contributed by atoms with Crippen LogP contribution in [0.25, 0.3) is 0 Å². The molecule has 0 spiro atoms. The molecule has 0 bridgehead atoms. The average molecular weight is 166 g/mol. The SMILES string of the molecule is O=C1CCCC(n2ncnn2)C1. The van der Waals surface area contributed by atoms with E-state index in [2.05, 4.69) is 15.4 Å². The summed E-state index contributed by atoms with van der Waals surface area (Å²) in [5.41, 5.74) is 0. The van der Waals surface area contributed by atoms with Crippen molar-refractivity contribution in [2.45, 2.75) is 31.7 Å². The lowest BCUT2D eigenvalue weighted by atomic mass is 9.95. The fourth-order valence-electron chi connectivity index (χ4n) is 1.54. The van der Waals surface area contributed by atoms with Crippen LogP contribution in [0.5, 0.6) is 0 Å². The molecule has 1 aliphatic rings. The number of carbonyl (C=O) groups excluding carboxylic acids is 1. The van der Waals surface area contributed by atoms with Gasteiger partial charge < -0.3 is 0 Å². The average Bonchev–Trinajstić information content (AvgIpc) is 2.56. The second-order valence-electron chi connectivity index (χ2n) is 3.05. The summed E-state index contributed by atoms with van der Waals surface area (Å²) in [5, 5.41) is 11.3. The Morgan fingerprint density at radius 1 is 1.58 bits per heavy atom. The largest absolute Gasteiger partial charge is 0.300 e. The summed E-state index contributed by atoms with van der Waals surface area (Å²) in [7, 11) is 0. The Morgan fingerprint density at radius 3 is 3.17 bits per heavy atom. The van der Waals surface area contributed by atoms with Crippen LogP contribution in [-0.4, -0.2) is 26.0 Å². The van der Waals surface area contributed by atoms with Crippen LogP contribution in [0.1, 0.15) is 31.7 Å². The van der Waals surface area contributed by atoms with E-state index in [9.17, 15) is 4.79 Å². The summed E-state index contributed by atoms with van der Waals surface area (Å²) in [6.07, 6.45) is 4.62. The molecule has 0 N–H and O–H groups in total. The maximum Gasteiger partial charge on any atom is 0.162 e.